The van der Waals surface area contributed by atoms with Crippen LogP contribution in [0.1, 0.15) is 11.1 Å². The van der Waals surface area contributed by atoms with E-state index >= 15 is 0 Å². The molecular formula is C15H9N2O+. The van der Waals surface area contributed by atoms with E-state index in [1.54, 1.807) is 0 Å². The highest BCUT2D eigenvalue weighted by atomic mass is 16.3. The van der Waals surface area contributed by atoms with Gasteiger partial charge in [-0.1, -0.05) is 30.3 Å². The summed E-state index contributed by atoms with van der Waals surface area (Å²) >= 11 is 0. The maximum absolute atomic E-state index is 10.2. The first kappa shape index (κ1) is 9.43. The van der Waals surface area contributed by atoms with Crippen molar-refractivity contribution < 1.29 is 5.11 Å². The third-order valence-electron chi connectivity index (χ3n) is 3.77. The summed E-state index contributed by atoms with van der Waals surface area (Å²) in [6, 6.07) is 11.8. The standard InChI is InChI=1S/C15H8N2O/c16-17-14-10-5-1-3-8-7-9-4-2-6-11(15(14)18)13(9)12(8)10/h1-6H,7H2/p+1. The molecule has 18 heavy (non-hydrogen) atoms. The van der Waals surface area contributed by atoms with Gasteiger partial charge in [0.05, 0.1) is 5.39 Å². The SMILES string of the molecule is N#[N+]c1c(O)c2cccc3c2c2c(cccc12)C3. The van der Waals surface area contributed by atoms with E-state index in [1.165, 1.54) is 11.1 Å². The van der Waals surface area contributed by atoms with Gasteiger partial charge in [-0.25, -0.2) is 0 Å². The van der Waals surface area contributed by atoms with Crippen molar-refractivity contribution in [2.75, 3.05) is 0 Å². The van der Waals surface area contributed by atoms with Crippen molar-refractivity contribution in [3.63, 3.8) is 0 Å². The highest BCUT2D eigenvalue weighted by Gasteiger charge is 2.28. The smallest absolute Gasteiger partial charge is 0.434 e. The van der Waals surface area contributed by atoms with E-state index in [-0.39, 0.29) is 11.4 Å². The Hall–Kier alpha value is -2.60. The van der Waals surface area contributed by atoms with Crippen molar-refractivity contribution in [1.29, 1.82) is 5.39 Å². The molecule has 0 atom stereocenters. The predicted molar refractivity (Wildman–Crippen MR) is 70.7 cm³/mol. The Morgan fingerprint density at radius 1 is 0.944 bits per heavy atom. The quantitative estimate of drug-likeness (QED) is 0.367. The predicted octanol–water partition coefficient (Wildman–Crippen LogP) is 4.09. The third-order valence-corrected chi connectivity index (χ3v) is 3.77. The van der Waals surface area contributed by atoms with Crippen molar-refractivity contribution >= 4 is 27.2 Å². The first-order valence-corrected chi connectivity index (χ1v) is 5.84. The molecule has 0 saturated heterocycles. The molecule has 0 saturated carbocycles. The highest BCUT2D eigenvalue weighted by Crippen LogP contribution is 2.48. The summed E-state index contributed by atoms with van der Waals surface area (Å²) in [5.41, 5.74) is 2.71. The number of benzene rings is 3. The summed E-state index contributed by atoms with van der Waals surface area (Å²) in [5.74, 6) is 0.0564. The average molecular weight is 233 g/mol. The van der Waals surface area contributed by atoms with Gasteiger partial charge in [0.15, 0.2) is 4.98 Å². The van der Waals surface area contributed by atoms with E-state index in [4.69, 9.17) is 5.39 Å². The summed E-state index contributed by atoms with van der Waals surface area (Å²) in [4.78, 5) is 3.26. The van der Waals surface area contributed by atoms with Crippen molar-refractivity contribution in [3.05, 3.63) is 52.5 Å². The van der Waals surface area contributed by atoms with E-state index in [0.29, 0.717) is 0 Å². The average Bonchev–Trinajstić information content (AvgIpc) is 2.77. The van der Waals surface area contributed by atoms with E-state index in [9.17, 15) is 5.11 Å². The largest absolute Gasteiger partial charge is 0.501 e. The van der Waals surface area contributed by atoms with Crippen LogP contribution in [0.15, 0.2) is 36.4 Å². The zero-order chi connectivity index (χ0) is 12.3. The van der Waals surface area contributed by atoms with Gasteiger partial charge in [0, 0.05) is 10.8 Å². The normalized spacial score (nSPS) is 12.4. The maximum Gasteiger partial charge on any atom is 0.434 e. The highest BCUT2D eigenvalue weighted by molar-refractivity contribution is 6.20. The van der Waals surface area contributed by atoms with Crippen LogP contribution in [0.2, 0.25) is 0 Å². The monoisotopic (exact) mass is 233 g/mol. The Morgan fingerprint density at radius 3 is 2.22 bits per heavy atom. The molecule has 3 heteroatoms. The Labute approximate surface area is 103 Å². The van der Waals surface area contributed by atoms with Gasteiger partial charge in [-0.3, -0.25) is 0 Å². The molecule has 4 rings (SSSR count). The zero-order valence-corrected chi connectivity index (χ0v) is 9.51. The van der Waals surface area contributed by atoms with Crippen LogP contribution in [0.3, 0.4) is 0 Å². The van der Waals surface area contributed by atoms with Crippen LogP contribution in [0.4, 0.5) is 5.69 Å². The maximum atomic E-state index is 10.2. The molecule has 1 N–H and O–H groups in total. The zero-order valence-electron chi connectivity index (χ0n) is 9.51. The molecule has 0 heterocycles. The van der Waals surface area contributed by atoms with Gasteiger partial charge in [0.1, 0.15) is 0 Å². The van der Waals surface area contributed by atoms with Gasteiger partial charge in [-0.15, -0.1) is 0 Å². The van der Waals surface area contributed by atoms with Crippen LogP contribution in [-0.4, -0.2) is 5.11 Å². The van der Waals surface area contributed by atoms with Crippen molar-refractivity contribution in [2.24, 2.45) is 0 Å². The van der Waals surface area contributed by atoms with Crippen molar-refractivity contribution in [3.8, 4) is 5.75 Å². The number of diazo groups is 1. The van der Waals surface area contributed by atoms with Gasteiger partial charge >= 0.3 is 5.69 Å². The summed E-state index contributed by atoms with van der Waals surface area (Å²) in [6.07, 6.45) is 0.873. The second-order valence-corrected chi connectivity index (χ2v) is 4.65. The van der Waals surface area contributed by atoms with Gasteiger partial charge in [0.2, 0.25) is 11.1 Å². The first-order valence-electron chi connectivity index (χ1n) is 5.84. The molecule has 1 aliphatic rings. The fourth-order valence-corrected chi connectivity index (χ4v) is 3.04. The van der Waals surface area contributed by atoms with Crippen molar-refractivity contribution in [2.45, 2.75) is 6.42 Å². The van der Waals surface area contributed by atoms with Crippen molar-refractivity contribution in [1.82, 2.24) is 0 Å². The van der Waals surface area contributed by atoms with E-state index < -0.39 is 0 Å². The third kappa shape index (κ3) is 0.917. The van der Waals surface area contributed by atoms with Crippen LogP contribution < -0.4 is 0 Å². The second kappa shape index (κ2) is 2.99. The lowest BCUT2D eigenvalue weighted by atomic mass is 9.99. The topological polar surface area (TPSA) is 48.4 Å². The molecule has 3 aromatic carbocycles. The van der Waals surface area contributed by atoms with Gasteiger partial charge in [0.25, 0.3) is 0 Å². The molecule has 0 spiro atoms. The summed E-state index contributed by atoms with van der Waals surface area (Å²) in [5, 5.41) is 23.2. The lowest BCUT2D eigenvalue weighted by molar-refractivity contribution is 0.485. The van der Waals surface area contributed by atoms with E-state index in [1.807, 2.05) is 24.3 Å². The van der Waals surface area contributed by atoms with E-state index in [0.717, 1.165) is 28.0 Å². The van der Waals surface area contributed by atoms with Gasteiger partial charge < -0.3 is 5.11 Å². The second-order valence-electron chi connectivity index (χ2n) is 4.65. The molecule has 0 aliphatic heterocycles. The minimum absolute atomic E-state index is 0.0564. The number of nitrogens with zero attached hydrogens (tertiary/aromatic N) is 2. The summed E-state index contributed by atoms with van der Waals surface area (Å²) in [6.45, 7) is 0. The Morgan fingerprint density at radius 2 is 1.56 bits per heavy atom. The molecule has 0 radical (unpaired) electrons. The van der Waals surface area contributed by atoms with Crippen LogP contribution in [0.5, 0.6) is 5.75 Å². The molecule has 0 fully saturated rings. The molecule has 1 aliphatic carbocycles. The molecule has 0 unspecified atom stereocenters. The fourth-order valence-electron chi connectivity index (χ4n) is 3.04. The number of rotatable bonds is 0. The van der Waals surface area contributed by atoms with Crippen LogP contribution in [0, 0.1) is 5.39 Å². The summed E-state index contributed by atoms with van der Waals surface area (Å²) < 4.78 is 0. The Balaban J connectivity index is 2.44. The molecule has 3 nitrogen and oxygen atoms in total. The number of hydrogen-bond donors (Lipinski definition) is 1. The fraction of sp³-hybridized carbons (Fsp3) is 0.0667. The molecular weight excluding hydrogens is 224 g/mol. The van der Waals surface area contributed by atoms with Crippen LogP contribution >= 0.6 is 0 Å². The minimum Gasteiger partial charge on any atom is -0.501 e. The number of phenolic OH excluding ortho intramolecular Hbond substituents is 1. The number of aromatic hydroxyl groups is 1. The van der Waals surface area contributed by atoms with Gasteiger partial charge in [-0.05, 0) is 29.0 Å². The minimum atomic E-state index is 0.0564. The van der Waals surface area contributed by atoms with E-state index in [2.05, 4.69) is 17.1 Å². The number of phenols is 1. The molecule has 0 amide bonds. The Bertz CT molecular complexity index is 875. The molecule has 84 valence electrons. The lowest BCUT2D eigenvalue weighted by Crippen LogP contribution is -1.80. The van der Waals surface area contributed by atoms with Crippen LogP contribution in [-0.2, 0) is 6.42 Å². The lowest BCUT2D eigenvalue weighted by Gasteiger charge is -2.03. The molecule has 0 bridgehead atoms. The number of hydrogen-bond acceptors (Lipinski definition) is 2. The summed E-state index contributed by atoms with van der Waals surface area (Å²) in [7, 11) is 0. The van der Waals surface area contributed by atoms with Gasteiger partial charge in [-0.2, -0.15) is 0 Å². The first-order chi connectivity index (χ1) is 8.81. The molecule has 0 aromatic heterocycles. The van der Waals surface area contributed by atoms with Crippen LogP contribution in [0.25, 0.3) is 26.5 Å². The Kier molecular flexibility index (Phi) is 1.57. The molecule has 3 aromatic rings.